The molecule has 2 aliphatic rings. The Morgan fingerprint density at radius 1 is 1.12 bits per heavy atom. The van der Waals surface area contributed by atoms with Gasteiger partial charge in [0.25, 0.3) is 0 Å². The van der Waals surface area contributed by atoms with Crippen LogP contribution in [0.4, 0.5) is 0 Å². The van der Waals surface area contributed by atoms with E-state index in [1.54, 1.807) is 0 Å². The fraction of sp³-hybridized carbons (Fsp3) is 0.333. The molecule has 2 aliphatic carbocycles. The van der Waals surface area contributed by atoms with Gasteiger partial charge in [-0.05, 0) is 17.9 Å². The number of hydrogen-bond donors (Lipinski definition) is 0. The Hall–Kier alpha value is -1.88. The van der Waals surface area contributed by atoms with Crippen LogP contribution in [0.25, 0.3) is 0 Å². The van der Waals surface area contributed by atoms with Gasteiger partial charge in [0.15, 0.2) is 0 Å². The second-order valence-corrected chi connectivity index (χ2v) is 4.83. The van der Waals surface area contributed by atoms with Crippen LogP contribution >= 0.6 is 0 Å². The maximum Gasteiger partial charge on any atom is 0.145 e. The van der Waals surface area contributed by atoms with E-state index in [4.69, 9.17) is 5.26 Å². The molecule has 2 bridgehead atoms. The van der Waals surface area contributed by atoms with Gasteiger partial charge in [0.1, 0.15) is 5.78 Å². The number of benzene rings is 1. The summed E-state index contributed by atoms with van der Waals surface area (Å²) >= 11 is 0. The van der Waals surface area contributed by atoms with E-state index in [2.05, 4.69) is 18.2 Å². The standard InChI is InChI=1S/C15H13NO/c16-9-11-6-7-12-13(8-14(11)15(12)17)10-4-2-1-3-5-10/h1-7,11-14H,8H2/t11-,12+,13-,14+/m0/s1. The van der Waals surface area contributed by atoms with Crippen molar-refractivity contribution in [3.8, 4) is 6.07 Å². The summed E-state index contributed by atoms with van der Waals surface area (Å²) in [5, 5.41) is 9.03. The summed E-state index contributed by atoms with van der Waals surface area (Å²) in [5.41, 5.74) is 1.22. The predicted molar refractivity (Wildman–Crippen MR) is 64.0 cm³/mol. The molecule has 0 saturated heterocycles. The molecule has 84 valence electrons. The first-order valence-corrected chi connectivity index (χ1v) is 5.98. The average Bonchev–Trinajstić information content (AvgIpc) is 2.60. The van der Waals surface area contributed by atoms with Gasteiger partial charge in [0, 0.05) is 11.8 Å². The van der Waals surface area contributed by atoms with Gasteiger partial charge in [-0.25, -0.2) is 0 Å². The van der Waals surface area contributed by atoms with Crippen molar-refractivity contribution in [1.82, 2.24) is 0 Å². The molecule has 2 heteroatoms. The molecule has 0 N–H and O–H groups in total. The second-order valence-electron chi connectivity index (χ2n) is 4.83. The van der Waals surface area contributed by atoms with Crippen LogP contribution in [-0.2, 0) is 4.79 Å². The SMILES string of the molecule is N#C[C@@H]1C=C[C@H]2C(=O)[C@@H]1C[C@H]2c1ccccc1. The molecule has 0 spiro atoms. The van der Waals surface area contributed by atoms with Crippen molar-refractivity contribution in [3.63, 3.8) is 0 Å². The summed E-state index contributed by atoms with van der Waals surface area (Å²) in [6.07, 6.45) is 4.68. The summed E-state index contributed by atoms with van der Waals surface area (Å²) in [5.74, 6) is 0.218. The quantitative estimate of drug-likeness (QED) is 0.687. The lowest BCUT2D eigenvalue weighted by molar-refractivity contribution is -0.123. The van der Waals surface area contributed by atoms with Crippen molar-refractivity contribution in [2.75, 3.05) is 0 Å². The number of Topliss-reactive ketones (excluding diaryl/α,β-unsaturated/α-hetero) is 1. The van der Waals surface area contributed by atoms with Crippen LogP contribution in [0.5, 0.6) is 0 Å². The number of ketones is 1. The van der Waals surface area contributed by atoms with E-state index in [-0.39, 0.29) is 29.5 Å². The van der Waals surface area contributed by atoms with Crippen molar-refractivity contribution in [2.24, 2.45) is 17.8 Å². The first-order chi connectivity index (χ1) is 8.31. The predicted octanol–water partition coefficient (Wildman–Crippen LogP) is 2.68. The Kier molecular flexibility index (Phi) is 2.33. The summed E-state index contributed by atoms with van der Waals surface area (Å²) in [6.45, 7) is 0. The fourth-order valence-electron chi connectivity index (χ4n) is 3.08. The maximum atomic E-state index is 12.1. The lowest BCUT2D eigenvalue weighted by Crippen LogP contribution is -2.23. The van der Waals surface area contributed by atoms with Gasteiger partial charge in [0.05, 0.1) is 12.0 Å². The van der Waals surface area contributed by atoms with Gasteiger partial charge in [-0.2, -0.15) is 5.26 Å². The van der Waals surface area contributed by atoms with Crippen LogP contribution in [0, 0.1) is 29.1 Å². The molecule has 1 fully saturated rings. The number of hydrogen-bond acceptors (Lipinski definition) is 2. The Morgan fingerprint density at radius 3 is 2.59 bits per heavy atom. The number of nitriles is 1. The van der Waals surface area contributed by atoms with Crippen LogP contribution in [0.15, 0.2) is 42.5 Å². The molecule has 0 unspecified atom stereocenters. The molecule has 0 radical (unpaired) electrons. The minimum atomic E-state index is -0.215. The van der Waals surface area contributed by atoms with Crippen molar-refractivity contribution >= 4 is 5.78 Å². The van der Waals surface area contributed by atoms with Crippen molar-refractivity contribution in [3.05, 3.63) is 48.0 Å². The zero-order valence-electron chi connectivity index (χ0n) is 9.41. The van der Waals surface area contributed by atoms with Gasteiger partial charge in [-0.3, -0.25) is 4.79 Å². The number of allylic oxidation sites excluding steroid dienone is 2. The molecule has 2 nitrogen and oxygen atoms in total. The van der Waals surface area contributed by atoms with Crippen molar-refractivity contribution in [2.45, 2.75) is 12.3 Å². The number of carbonyl (C=O) groups excluding carboxylic acids is 1. The zero-order chi connectivity index (χ0) is 11.8. The summed E-state index contributed by atoms with van der Waals surface area (Å²) < 4.78 is 0. The number of rotatable bonds is 1. The monoisotopic (exact) mass is 223 g/mol. The molecule has 0 amide bonds. The van der Waals surface area contributed by atoms with E-state index in [1.165, 1.54) is 5.56 Å². The third kappa shape index (κ3) is 1.51. The van der Waals surface area contributed by atoms with E-state index >= 15 is 0 Å². The van der Waals surface area contributed by atoms with E-state index in [0.717, 1.165) is 6.42 Å². The molecule has 1 aromatic rings. The van der Waals surface area contributed by atoms with Crippen LogP contribution in [0.2, 0.25) is 0 Å². The molecule has 0 aliphatic heterocycles. The molecule has 1 aromatic carbocycles. The van der Waals surface area contributed by atoms with Crippen LogP contribution in [0.3, 0.4) is 0 Å². The van der Waals surface area contributed by atoms with Crippen LogP contribution < -0.4 is 0 Å². The second kappa shape index (κ2) is 3.85. The highest BCUT2D eigenvalue weighted by molar-refractivity contribution is 5.90. The number of nitrogens with zero attached hydrogens (tertiary/aromatic N) is 1. The highest BCUT2D eigenvalue weighted by Gasteiger charge is 2.46. The first kappa shape index (κ1) is 10.3. The third-order valence-corrected chi connectivity index (χ3v) is 3.97. The van der Waals surface area contributed by atoms with Crippen molar-refractivity contribution in [1.29, 1.82) is 5.26 Å². The molecule has 17 heavy (non-hydrogen) atoms. The molecular weight excluding hydrogens is 210 g/mol. The van der Waals surface area contributed by atoms with Gasteiger partial charge >= 0.3 is 0 Å². The summed E-state index contributed by atoms with van der Waals surface area (Å²) in [4.78, 5) is 12.1. The topological polar surface area (TPSA) is 40.9 Å². The smallest absolute Gasteiger partial charge is 0.145 e. The molecule has 4 atom stereocenters. The number of carbonyl (C=O) groups is 1. The van der Waals surface area contributed by atoms with E-state index in [1.807, 2.05) is 30.4 Å². The lowest BCUT2D eigenvalue weighted by Gasteiger charge is -2.17. The van der Waals surface area contributed by atoms with Gasteiger partial charge in [-0.1, -0.05) is 42.5 Å². The largest absolute Gasteiger partial charge is 0.299 e. The summed E-state index contributed by atoms with van der Waals surface area (Å²) in [6, 6.07) is 12.4. The molecule has 1 saturated carbocycles. The highest BCUT2D eigenvalue weighted by atomic mass is 16.1. The normalized spacial score (nSPS) is 34.6. The average molecular weight is 223 g/mol. The molecule has 0 aromatic heterocycles. The summed E-state index contributed by atoms with van der Waals surface area (Å²) in [7, 11) is 0. The molecule has 0 heterocycles. The molecular formula is C15H13NO. The first-order valence-electron chi connectivity index (χ1n) is 5.98. The van der Waals surface area contributed by atoms with E-state index < -0.39 is 0 Å². The third-order valence-electron chi connectivity index (χ3n) is 3.97. The van der Waals surface area contributed by atoms with E-state index in [0.29, 0.717) is 0 Å². The number of fused-ring (bicyclic) bond motifs is 2. The Morgan fingerprint density at radius 2 is 1.88 bits per heavy atom. The van der Waals surface area contributed by atoms with Gasteiger partial charge in [0.2, 0.25) is 0 Å². The Bertz CT molecular complexity index is 511. The highest BCUT2D eigenvalue weighted by Crippen LogP contribution is 2.47. The Labute approximate surface area is 101 Å². The lowest BCUT2D eigenvalue weighted by atomic mass is 9.84. The van der Waals surface area contributed by atoms with Crippen LogP contribution in [-0.4, -0.2) is 5.78 Å². The minimum absolute atomic E-state index is 0.00741. The minimum Gasteiger partial charge on any atom is -0.299 e. The van der Waals surface area contributed by atoms with Crippen LogP contribution in [0.1, 0.15) is 17.9 Å². The van der Waals surface area contributed by atoms with E-state index in [9.17, 15) is 4.79 Å². The Balaban J connectivity index is 1.96. The maximum absolute atomic E-state index is 12.1. The van der Waals surface area contributed by atoms with Crippen molar-refractivity contribution < 1.29 is 4.79 Å². The molecule has 3 rings (SSSR count). The zero-order valence-corrected chi connectivity index (χ0v) is 9.41. The fourth-order valence-corrected chi connectivity index (χ4v) is 3.08. The van der Waals surface area contributed by atoms with Gasteiger partial charge < -0.3 is 0 Å². The van der Waals surface area contributed by atoms with Gasteiger partial charge in [-0.15, -0.1) is 0 Å².